The summed E-state index contributed by atoms with van der Waals surface area (Å²) in [5, 5.41) is 3.62. The quantitative estimate of drug-likeness (QED) is 0.197. The van der Waals surface area contributed by atoms with Gasteiger partial charge in [0.25, 0.3) is 0 Å². The van der Waals surface area contributed by atoms with Crippen LogP contribution < -0.4 is 23.4 Å². The van der Waals surface area contributed by atoms with Crippen LogP contribution in [0, 0.1) is 0 Å². The molecule has 4 rings (SSSR count). The van der Waals surface area contributed by atoms with Gasteiger partial charge in [-0.3, -0.25) is 5.32 Å². The molecule has 0 amide bonds. The summed E-state index contributed by atoms with van der Waals surface area (Å²) in [6.45, 7) is 4.12. The fourth-order valence-corrected chi connectivity index (χ4v) is 6.00. The first-order valence-electron chi connectivity index (χ1n) is 11.4. The van der Waals surface area contributed by atoms with Crippen LogP contribution in [0.15, 0.2) is 121 Å². The van der Waals surface area contributed by atoms with Gasteiger partial charge in [0.2, 0.25) is 0 Å². The molecule has 5 nitrogen and oxygen atoms in total. The first-order chi connectivity index (χ1) is 17.2. The predicted octanol–water partition coefficient (Wildman–Crippen LogP) is 8.21. The van der Waals surface area contributed by atoms with Crippen molar-refractivity contribution < 1.29 is 18.1 Å². The number of nitrogens with one attached hydrogen (secondary N) is 1. The number of rotatable bonds is 12. The first kappa shape index (κ1) is 25.0. The summed E-state index contributed by atoms with van der Waals surface area (Å²) in [4.78, 5) is 0. The highest BCUT2D eigenvalue weighted by atomic mass is 31.2. The normalized spacial score (nSPS) is 12.7. The van der Waals surface area contributed by atoms with E-state index < -0.39 is 16.8 Å². The van der Waals surface area contributed by atoms with Gasteiger partial charge in [-0.1, -0.05) is 72.8 Å². The van der Waals surface area contributed by atoms with Gasteiger partial charge in [0, 0.05) is 0 Å². The molecule has 0 heterocycles. The molecular weight excluding hydrogens is 476 g/mol. The molecule has 0 fully saturated rings. The van der Waals surface area contributed by atoms with Crippen LogP contribution in [0.3, 0.4) is 0 Å². The molecule has 35 heavy (non-hydrogen) atoms. The van der Waals surface area contributed by atoms with Crippen molar-refractivity contribution in [3.63, 3.8) is 0 Å². The molecule has 0 aliphatic heterocycles. The average molecular weight is 505 g/mol. The number of para-hydroxylation sites is 4. The second kappa shape index (κ2) is 13.1. The molecule has 0 bridgehead atoms. The maximum Gasteiger partial charge on any atom is 0.308 e. The molecule has 4 aromatic rings. The van der Waals surface area contributed by atoms with E-state index in [0.29, 0.717) is 0 Å². The van der Waals surface area contributed by atoms with Crippen molar-refractivity contribution in [3.05, 3.63) is 121 Å². The Morgan fingerprint density at radius 1 is 0.429 bits per heavy atom. The lowest BCUT2D eigenvalue weighted by Gasteiger charge is -2.30. The molecule has 0 spiro atoms. The lowest BCUT2D eigenvalue weighted by Crippen LogP contribution is -2.35. The smallest absolute Gasteiger partial charge is 0.308 e. The average Bonchev–Trinajstić information content (AvgIpc) is 2.90. The van der Waals surface area contributed by atoms with Gasteiger partial charge in [0.1, 0.15) is 23.0 Å². The van der Waals surface area contributed by atoms with Crippen molar-refractivity contribution in [2.75, 3.05) is 0 Å². The second-order valence-corrected chi connectivity index (χ2v) is 11.1. The van der Waals surface area contributed by atoms with E-state index in [4.69, 9.17) is 18.1 Å². The Balaban J connectivity index is 1.50. The van der Waals surface area contributed by atoms with Crippen LogP contribution in [0.5, 0.6) is 23.0 Å². The molecule has 0 saturated carbocycles. The van der Waals surface area contributed by atoms with Crippen LogP contribution in [-0.2, 0) is 0 Å². The van der Waals surface area contributed by atoms with Gasteiger partial charge in [-0.05, 0) is 62.4 Å². The molecule has 2 unspecified atom stereocenters. The van der Waals surface area contributed by atoms with E-state index in [-0.39, 0.29) is 11.6 Å². The highest BCUT2D eigenvalue weighted by molar-refractivity contribution is 7.50. The molecule has 0 radical (unpaired) electrons. The highest BCUT2D eigenvalue weighted by Crippen LogP contribution is 2.48. The van der Waals surface area contributed by atoms with Gasteiger partial charge < -0.3 is 18.1 Å². The molecule has 180 valence electrons. The molecule has 1 N–H and O–H groups in total. The van der Waals surface area contributed by atoms with Gasteiger partial charge in [0.15, 0.2) is 0 Å². The van der Waals surface area contributed by atoms with E-state index in [1.54, 1.807) is 0 Å². The summed E-state index contributed by atoms with van der Waals surface area (Å²) in [5.74, 6) is 2.81. The monoisotopic (exact) mass is 505 g/mol. The molecule has 0 aliphatic rings. The molecule has 0 aliphatic carbocycles. The number of hydrogen-bond donors (Lipinski definition) is 1. The Bertz CT molecular complexity index is 947. The zero-order valence-electron chi connectivity index (χ0n) is 19.7. The van der Waals surface area contributed by atoms with Crippen LogP contribution in [0.1, 0.15) is 13.8 Å². The van der Waals surface area contributed by atoms with Crippen molar-refractivity contribution in [2.45, 2.75) is 25.4 Å². The number of hydrogen-bond acceptors (Lipinski definition) is 5. The van der Waals surface area contributed by atoms with E-state index >= 15 is 0 Å². The largest absolute Gasteiger partial charge is 0.438 e. The maximum atomic E-state index is 6.30. The van der Waals surface area contributed by atoms with Crippen molar-refractivity contribution in [1.29, 1.82) is 0 Å². The zero-order valence-corrected chi connectivity index (χ0v) is 21.5. The fraction of sp³-hybridized carbons (Fsp3) is 0.143. The second-order valence-electron chi connectivity index (χ2n) is 7.71. The third-order valence-electron chi connectivity index (χ3n) is 4.87. The van der Waals surface area contributed by atoms with Crippen molar-refractivity contribution >= 4 is 16.8 Å². The Hall–Kier alpha value is -3.10. The molecule has 0 aromatic heterocycles. The van der Waals surface area contributed by atoms with Crippen LogP contribution >= 0.6 is 16.8 Å². The third-order valence-corrected chi connectivity index (χ3v) is 8.00. The Morgan fingerprint density at radius 2 is 0.657 bits per heavy atom. The summed E-state index contributed by atoms with van der Waals surface area (Å²) in [6, 6.07) is 38.9. The Kier molecular flexibility index (Phi) is 9.37. The van der Waals surface area contributed by atoms with Gasteiger partial charge in [-0.2, -0.15) is 0 Å². The Labute approximate surface area is 209 Å². The summed E-state index contributed by atoms with van der Waals surface area (Å²) >= 11 is 0. The fourth-order valence-electron chi connectivity index (χ4n) is 3.17. The van der Waals surface area contributed by atoms with Crippen molar-refractivity contribution in [2.24, 2.45) is 0 Å². The van der Waals surface area contributed by atoms with E-state index in [0.717, 1.165) is 23.0 Å². The molecule has 2 atom stereocenters. The SMILES string of the molecule is CC(NC(C)P(Oc1ccccc1)Oc1ccccc1)P(Oc1ccccc1)Oc1ccccc1. The summed E-state index contributed by atoms with van der Waals surface area (Å²) in [7, 11) is -2.72. The van der Waals surface area contributed by atoms with E-state index in [1.807, 2.05) is 121 Å². The summed E-state index contributed by atoms with van der Waals surface area (Å²) < 4.78 is 25.2. The van der Waals surface area contributed by atoms with Gasteiger partial charge in [0.05, 0.1) is 11.6 Å². The summed E-state index contributed by atoms with van der Waals surface area (Å²) in [5.41, 5.74) is 0. The maximum absolute atomic E-state index is 6.30. The van der Waals surface area contributed by atoms with Crippen LogP contribution in [0.25, 0.3) is 0 Å². The topological polar surface area (TPSA) is 49.0 Å². The lowest BCUT2D eigenvalue weighted by molar-refractivity contribution is 0.438. The molecule has 4 aromatic carbocycles. The summed E-state index contributed by atoms with van der Waals surface area (Å²) in [6.07, 6.45) is 0. The molecular formula is C28H29NO4P2. The van der Waals surface area contributed by atoms with Gasteiger partial charge in [-0.15, -0.1) is 0 Å². The molecule has 7 heteroatoms. The number of benzene rings is 4. The molecule has 0 saturated heterocycles. The van der Waals surface area contributed by atoms with Crippen molar-refractivity contribution in [3.8, 4) is 23.0 Å². The van der Waals surface area contributed by atoms with Crippen LogP contribution in [-0.4, -0.2) is 11.6 Å². The lowest BCUT2D eigenvalue weighted by atomic mass is 10.3. The van der Waals surface area contributed by atoms with Gasteiger partial charge in [-0.25, -0.2) is 0 Å². The predicted molar refractivity (Wildman–Crippen MR) is 144 cm³/mol. The van der Waals surface area contributed by atoms with E-state index in [9.17, 15) is 0 Å². The van der Waals surface area contributed by atoms with Crippen LogP contribution in [0.2, 0.25) is 0 Å². The minimum atomic E-state index is -1.36. The first-order valence-corrected chi connectivity index (χ1v) is 13.9. The standard InChI is InChI=1S/C28H29NO4P2/c1-23(34(30-25-15-7-3-8-16-25)31-26-17-9-4-10-18-26)29-24(2)35(32-27-19-11-5-12-20-27)33-28-21-13-6-14-22-28/h3-24,29H,1-2H3. The van der Waals surface area contributed by atoms with Crippen molar-refractivity contribution in [1.82, 2.24) is 5.32 Å². The minimum Gasteiger partial charge on any atom is -0.438 e. The van der Waals surface area contributed by atoms with E-state index in [2.05, 4.69) is 19.2 Å². The van der Waals surface area contributed by atoms with E-state index in [1.165, 1.54) is 0 Å². The highest BCUT2D eigenvalue weighted by Gasteiger charge is 2.31. The zero-order chi connectivity index (χ0) is 24.3. The minimum absolute atomic E-state index is 0.121. The van der Waals surface area contributed by atoms with Crippen LogP contribution in [0.4, 0.5) is 0 Å². The third kappa shape index (κ3) is 7.97. The van der Waals surface area contributed by atoms with Gasteiger partial charge >= 0.3 is 16.8 Å². The Morgan fingerprint density at radius 3 is 0.886 bits per heavy atom.